The molecule has 0 spiro atoms. The molecule has 1 aromatic rings. The summed E-state index contributed by atoms with van der Waals surface area (Å²) in [6.45, 7) is 3.47. The standard InChI is InChI=1S/C12H17N3O2/c1-14-8-9-7-13-4-5-15(9)12(16)11(14)10-3-2-6-17-10/h2-3,6,9,11,13H,4-5,7-8H2,1H3. The molecule has 2 unspecified atom stereocenters. The zero-order chi connectivity index (χ0) is 11.8. The first-order valence-corrected chi connectivity index (χ1v) is 6.02. The zero-order valence-electron chi connectivity index (χ0n) is 9.93. The second-order valence-corrected chi connectivity index (χ2v) is 4.75. The van der Waals surface area contributed by atoms with Gasteiger partial charge in [-0.2, -0.15) is 0 Å². The van der Waals surface area contributed by atoms with Crippen molar-refractivity contribution in [2.75, 3.05) is 33.2 Å². The van der Waals surface area contributed by atoms with Crippen molar-refractivity contribution in [3.63, 3.8) is 0 Å². The molecular weight excluding hydrogens is 218 g/mol. The second kappa shape index (κ2) is 4.16. The van der Waals surface area contributed by atoms with E-state index in [1.807, 2.05) is 24.1 Å². The summed E-state index contributed by atoms with van der Waals surface area (Å²) >= 11 is 0. The highest BCUT2D eigenvalue weighted by molar-refractivity contribution is 5.84. The number of furan rings is 1. The average molecular weight is 235 g/mol. The molecule has 2 atom stereocenters. The molecule has 5 heteroatoms. The minimum absolute atomic E-state index is 0.167. The molecule has 0 saturated carbocycles. The highest BCUT2D eigenvalue weighted by Crippen LogP contribution is 2.28. The molecule has 2 aliphatic heterocycles. The van der Waals surface area contributed by atoms with E-state index in [1.54, 1.807) is 6.26 Å². The largest absolute Gasteiger partial charge is 0.467 e. The lowest BCUT2D eigenvalue weighted by molar-refractivity contribution is -0.147. The van der Waals surface area contributed by atoms with Gasteiger partial charge in [0, 0.05) is 26.2 Å². The van der Waals surface area contributed by atoms with Gasteiger partial charge < -0.3 is 14.6 Å². The summed E-state index contributed by atoms with van der Waals surface area (Å²) in [6, 6.07) is 3.76. The predicted octanol–water partition coefficient (Wildman–Crippen LogP) is 0.0665. The molecule has 1 aromatic heterocycles. The lowest BCUT2D eigenvalue weighted by Gasteiger charge is -2.46. The lowest BCUT2D eigenvalue weighted by atomic mass is 10.0. The Kier molecular flexibility index (Phi) is 2.64. The summed E-state index contributed by atoms with van der Waals surface area (Å²) in [5, 5.41) is 3.33. The van der Waals surface area contributed by atoms with Crippen molar-refractivity contribution in [1.29, 1.82) is 0 Å². The topological polar surface area (TPSA) is 48.7 Å². The fourth-order valence-electron chi connectivity index (χ4n) is 2.78. The van der Waals surface area contributed by atoms with Crippen LogP contribution >= 0.6 is 0 Å². The Morgan fingerprint density at radius 1 is 1.53 bits per heavy atom. The van der Waals surface area contributed by atoms with Crippen LogP contribution < -0.4 is 5.32 Å². The number of amides is 1. The minimum atomic E-state index is -0.251. The number of likely N-dealkylation sites (N-methyl/N-ethyl adjacent to an activating group) is 1. The number of carbonyl (C=O) groups is 1. The maximum Gasteiger partial charge on any atom is 0.248 e. The maximum atomic E-state index is 12.5. The number of carbonyl (C=O) groups excluding carboxylic acids is 1. The van der Waals surface area contributed by atoms with Crippen LogP contribution in [-0.4, -0.2) is 55.0 Å². The molecule has 0 aromatic carbocycles. The van der Waals surface area contributed by atoms with Gasteiger partial charge in [-0.25, -0.2) is 0 Å². The normalized spacial score (nSPS) is 30.4. The van der Waals surface area contributed by atoms with Crippen molar-refractivity contribution >= 4 is 5.91 Å². The highest BCUT2D eigenvalue weighted by atomic mass is 16.3. The van der Waals surface area contributed by atoms with Crippen LogP contribution in [0.2, 0.25) is 0 Å². The number of rotatable bonds is 1. The van der Waals surface area contributed by atoms with Crippen LogP contribution in [0.25, 0.3) is 0 Å². The third-order valence-electron chi connectivity index (χ3n) is 3.62. The van der Waals surface area contributed by atoms with E-state index in [2.05, 4.69) is 10.2 Å². The summed E-state index contributed by atoms with van der Waals surface area (Å²) < 4.78 is 5.39. The Bertz CT molecular complexity index is 404. The molecule has 2 aliphatic rings. The van der Waals surface area contributed by atoms with Crippen LogP contribution in [0.4, 0.5) is 0 Å². The fraction of sp³-hybridized carbons (Fsp3) is 0.583. The molecular formula is C12H17N3O2. The zero-order valence-corrected chi connectivity index (χ0v) is 9.93. The van der Waals surface area contributed by atoms with Gasteiger partial charge in [-0.15, -0.1) is 0 Å². The van der Waals surface area contributed by atoms with Gasteiger partial charge in [0.25, 0.3) is 0 Å². The lowest BCUT2D eigenvalue weighted by Crippen LogP contribution is -2.63. The number of fused-ring (bicyclic) bond motifs is 1. The number of nitrogens with one attached hydrogen (secondary N) is 1. The Hall–Kier alpha value is -1.33. The van der Waals surface area contributed by atoms with Gasteiger partial charge in [0.05, 0.1) is 12.3 Å². The van der Waals surface area contributed by atoms with Crippen LogP contribution in [0.15, 0.2) is 22.8 Å². The average Bonchev–Trinajstić information content (AvgIpc) is 2.83. The van der Waals surface area contributed by atoms with Gasteiger partial charge in [-0.3, -0.25) is 9.69 Å². The molecule has 1 N–H and O–H groups in total. The first kappa shape index (κ1) is 10.8. The van der Waals surface area contributed by atoms with Crippen molar-refractivity contribution in [3.8, 4) is 0 Å². The van der Waals surface area contributed by atoms with E-state index in [-0.39, 0.29) is 11.9 Å². The smallest absolute Gasteiger partial charge is 0.248 e. The van der Waals surface area contributed by atoms with Crippen LogP contribution in [-0.2, 0) is 4.79 Å². The number of nitrogens with zero attached hydrogens (tertiary/aromatic N) is 2. The Labute approximate surface area is 100 Å². The van der Waals surface area contributed by atoms with E-state index in [0.29, 0.717) is 6.04 Å². The molecule has 3 heterocycles. The summed E-state index contributed by atoms with van der Waals surface area (Å²) in [4.78, 5) is 16.5. The first-order chi connectivity index (χ1) is 8.27. The van der Waals surface area contributed by atoms with E-state index in [1.165, 1.54) is 0 Å². The van der Waals surface area contributed by atoms with Crippen molar-refractivity contribution in [2.45, 2.75) is 12.1 Å². The van der Waals surface area contributed by atoms with E-state index in [0.717, 1.165) is 31.9 Å². The van der Waals surface area contributed by atoms with Gasteiger partial charge in [-0.1, -0.05) is 0 Å². The van der Waals surface area contributed by atoms with Crippen molar-refractivity contribution < 1.29 is 9.21 Å². The Balaban J connectivity index is 1.87. The monoisotopic (exact) mass is 235 g/mol. The van der Waals surface area contributed by atoms with Gasteiger partial charge in [0.15, 0.2) is 0 Å². The van der Waals surface area contributed by atoms with Gasteiger partial charge in [-0.05, 0) is 19.2 Å². The van der Waals surface area contributed by atoms with E-state index in [4.69, 9.17) is 4.42 Å². The predicted molar refractivity (Wildman–Crippen MR) is 62.4 cm³/mol. The quantitative estimate of drug-likeness (QED) is 0.748. The van der Waals surface area contributed by atoms with E-state index < -0.39 is 0 Å². The van der Waals surface area contributed by atoms with Gasteiger partial charge in [0.1, 0.15) is 11.8 Å². The molecule has 17 heavy (non-hydrogen) atoms. The first-order valence-electron chi connectivity index (χ1n) is 6.02. The highest BCUT2D eigenvalue weighted by Gasteiger charge is 2.41. The van der Waals surface area contributed by atoms with Gasteiger partial charge in [0.2, 0.25) is 5.91 Å². The number of hydrogen-bond acceptors (Lipinski definition) is 4. The van der Waals surface area contributed by atoms with Crippen LogP contribution in [0.5, 0.6) is 0 Å². The van der Waals surface area contributed by atoms with Gasteiger partial charge >= 0.3 is 0 Å². The summed E-state index contributed by atoms with van der Waals surface area (Å²) in [5.74, 6) is 0.912. The van der Waals surface area contributed by atoms with E-state index >= 15 is 0 Å². The molecule has 0 aliphatic carbocycles. The Morgan fingerprint density at radius 3 is 3.18 bits per heavy atom. The third kappa shape index (κ3) is 1.75. The van der Waals surface area contributed by atoms with Crippen molar-refractivity contribution in [1.82, 2.24) is 15.1 Å². The Morgan fingerprint density at radius 2 is 2.41 bits per heavy atom. The fourth-order valence-corrected chi connectivity index (χ4v) is 2.78. The molecule has 92 valence electrons. The molecule has 2 saturated heterocycles. The third-order valence-corrected chi connectivity index (χ3v) is 3.62. The maximum absolute atomic E-state index is 12.5. The van der Waals surface area contributed by atoms with Crippen molar-refractivity contribution in [3.05, 3.63) is 24.2 Å². The molecule has 5 nitrogen and oxygen atoms in total. The second-order valence-electron chi connectivity index (χ2n) is 4.75. The molecule has 1 amide bonds. The summed E-state index contributed by atoms with van der Waals surface area (Å²) in [7, 11) is 1.98. The summed E-state index contributed by atoms with van der Waals surface area (Å²) in [5.41, 5.74) is 0. The SMILES string of the molecule is CN1CC2CNCCN2C(=O)C1c1ccco1. The van der Waals surface area contributed by atoms with Crippen LogP contribution in [0.1, 0.15) is 11.8 Å². The van der Waals surface area contributed by atoms with Crippen LogP contribution in [0.3, 0.4) is 0 Å². The number of hydrogen-bond donors (Lipinski definition) is 1. The molecule has 0 bridgehead atoms. The molecule has 0 radical (unpaired) electrons. The van der Waals surface area contributed by atoms with E-state index in [9.17, 15) is 4.79 Å². The molecule has 2 fully saturated rings. The minimum Gasteiger partial charge on any atom is -0.467 e. The molecule has 3 rings (SSSR count). The number of piperazine rings is 2. The van der Waals surface area contributed by atoms with Crippen LogP contribution in [0, 0.1) is 0 Å². The summed E-state index contributed by atoms with van der Waals surface area (Å²) in [6.07, 6.45) is 1.63. The van der Waals surface area contributed by atoms with Crippen molar-refractivity contribution in [2.24, 2.45) is 0 Å².